The molecule has 1 amide bonds. The molecule has 2 rings (SSSR count). The molecular weight excluding hydrogens is 223 g/mol. The van der Waals surface area contributed by atoms with Crippen molar-refractivity contribution < 1.29 is 14.3 Å². The van der Waals surface area contributed by atoms with Crippen LogP contribution in [0.15, 0.2) is 18.2 Å². The number of benzene rings is 1. The maximum atomic E-state index is 12.8. The fourth-order valence-electron chi connectivity index (χ4n) is 1.93. The first-order chi connectivity index (χ1) is 7.95. The summed E-state index contributed by atoms with van der Waals surface area (Å²) in [5, 5.41) is 9.81. The lowest BCUT2D eigenvalue weighted by molar-refractivity contribution is -0.0826. The van der Waals surface area contributed by atoms with Crippen molar-refractivity contribution in [2.45, 2.75) is 18.9 Å². The zero-order valence-electron chi connectivity index (χ0n) is 9.61. The van der Waals surface area contributed by atoms with Crippen LogP contribution < -0.4 is 5.73 Å². The van der Waals surface area contributed by atoms with E-state index in [-0.39, 0.29) is 17.2 Å². The fourth-order valence-corrected chi connectivity index (χ4v) is 1.93. The monoisotopic (exact) mass is 238 g/mol. The Kier molecular flexibility index (Phi) is 2.79. The highest BCUT2D eigenvalue weighted by Gasteiger charge is 2.42. The minimum Gasteiger partial charge on any atom is -0.398 e. The summed E-state index contributed by atoms with van der Waals surface area (Å²) in [5.74, 6) is -0.728. The molecule has 3 N–H and O–H groups in total. The summed E-state index contributed by atoms with van der Waals surface area (Å²) in [6.07, 6.45) is 0.607. The number of hydrogen-bond acceptors (Lipinski definition) is 3. The van der Waals surface area contributed by atoms with Gasteiger partial charge < -0.3 is 15.7 Å². The molecule has 1 fully saturated rings. The van der Waals surface area contributed by atoms with Crippen LogP contribution in [0.2, 0.25) is 0 Å². The van der Waals surface area contributed by atoms with Crippen LogP contribution in [0.4, 0.5) is 10.1 Å². The molecule has 17 heavy (non-hydrogen) atoms. The summed E-state index contributed by atoms with van der Waals surface area (Å²) in [6.45, 7) is 2.48. The van der Waals surface area contributed by atoms with Gasteiger partial charge in [-0.05, 0) is 24.6 Å². The van der Waals surface area contributed by atoms with Crippen molar-refractivity contribution in [1.29, 1.82) is 0 Å². The second kappa shape index (κ2) is 4.00. The highest BCUT2D eigenvalue weighted by Crippen LogP contribution is 2.27. The topological polar surface area (TPSA) is 66.6 Å². The summed E-state index contributed by atoms with van der Waals surface area (Å²) in [4.78, 5) is 13.5. The van der Waals surface area contributed by atoms with Gasteiger partial charge in [0.1, 0.15) is 5.82 Å². The molecular formula is C12H15FN2O2. The van der Waals surface area contributed by atoms with Gasteiger partial charge in [-0.2, -0.15) is 0 Å². The number of likely N-dealkylation sites (tertiary alicyclic amines) is 1. The Labute approximate surface area is 98.8 Å². The minimum atomic E-state index is -0.773. The summed E-state index contributed by atoms with van der Waals surface area (Å²) in [7, 11) is 0. The maximum absolute atomic E-state index is 12.8. The van der Waals surface area contributed by atoms with Crippen LogP contribution in [-0.4, -0.2) is 34.6 Å². The Balaban J connectivity index is 2.12. The molecule has 1 saturated heterocycles. The number of halogens is 1. The van der Waals surface area contributed by atoms with E-state index in [0.29, 0.717) is 19.5 Å². The predicted molar refractivity (Wildman–Crippen MR) is 62.0 cm³/mol. The van der Waals surface area contributed by atoms with E-state index >= 15 is 0 Å². The Morgan fingerprint density at radius 2 is 2.24 bits per heavy atom. The number of aliphatic hydroxyl groups is 1. The third-order valence-corrected chi connectivity index (χ3v) is 3.16. The largest absolute Gasteiger partial charge is 0.398 e. The Morgan fingerprint density at radius 1 is 1.59 bits per heavy atom. The zero-order valence-corrected chi connectivity index (χ0v) is 9.61. The molecule has 0 spiro atoms. The molecule has 1 heterocycles. The molecule has 1 aromatic rings. The Bertz CT molecular complexity index is 456. The second-order valence-electron chi connectivity index (χ2n) is 4.47. The summed E-state index contributed by atoms with van der Waals surface area (Å²) in [5.41, 5.74) is 5.22. The number of β-amino-alcohol motifs (C(OH)–C–C–N with tert-alkyl or cyclic N) is 1. The summed E-state index contributed by atoms with van der Waals surface area (Å²) < 4.78 is 12.8. The smallest absolute Gasteiger partial charge is 0.256 e. The summed E-state index contributed by atoms with van der Waals surface area (Å²) in [6, 6.07) is 3.70. The molecule has 5 heteroatoms. The lowest BCUT2D eigenvalue weighted by atomic mass is 9.90. The average Bonchev–Trinajstić information content (AvgIpc) is 2.24. The van der Waals surface area contributed by atoms with E-state index < -0.39 is 11.4 Å². The SMILES string of the molecule is CCC1(O)CN(C(=O)c2ccc(F)cc2N)C1. The number of nitrogens with two attached hydrogens (primary N) is 1. The van der Waals surface area contributed by atoms with E-state index in [1.54, 1.807) is 0 Å². The van der Waals surface area contributed by atoms with Gasteiger partial charge in [-0.25, -0.2) is 4.39 Å². The van der Waals surface area contributed by atoms with E-state index in [2.05, 4.69) is 0 Å². The van der Waals surface area contributed by atoms with Crippen molar-refractivity contribution in [2.24, 2.45) is 0 Å². The number of carbonyl (C=O) groups is 1. The number of nitrogen functional groups attached to an aromatic ring is 1. The van der Waals surface area contributed by atoms with Crippen molar-refractivity contribution in [3.63, 3.8) is 0 Å². The number of nitrogens with zero attached hydrogens (tertiary/aromatic N) is 1. The Morgan fingerprint density at radius 3 is 2.76 bits per heavy atom. The van der Waals surface area contributed by atoms with E-state index in [0.717, 1.165) is 6.07 Å². The minimum absolute atomic E-state index is 0.127. The van der Waals surface area contributed by atoms with Crippen molar-refractivity contribution in [3.8, 4) is 0 Å². The van der Waals surface area contributed by atoms with E-state index in [9.17, 15) is 14.3 Å². The number of hydrogen-bond donors (Lipinski definition) is 2. The molecule has 0 aliphatic carbocycles. The molecule has 0 saturated carbocycles. The van der Waals surface area contributed by atoms with E-state index in [1.807, 2.05) is 6.92 Å². The molecule has 0 unspecified atom stereocenters. The van der Waals surface area contributed by atoms with Gasteiger partial charge in [0, 0.05) is 5.69 Å². The summed E-state index contributed by atoms with van der Waals surface area (Å²) >= 11 is 0. The van der Waals surface area contributed by atoms with Crippen LogP contribution in [0.5, 0.6) is 0 Å². The van der Waals surface area contributed by atoms with Gasteiger partial charge in [0.15, 0.2) is 0 Å². The lowest BCUT2D eigenvalue weighted by Gasteiger charge is -2.46. The normalized spacial score (nSPS) is 17.7. The molecule has 1 aromatic carbocycles. The van der Waals surface area contributed by atoms with Crippen LogP contribution in [0.3, 0.4) is 0 Å². The van der Waals surface area contributed by atoms with Crippen LogP contribution in [-0.2, 0) is 0 Å². The highest BCUT2D eigenvalue weighted by molar-refractivity contribution is 5.99. The first kappa shape index (κ1) is 11.9. The van der Waals surface area contributed by atoms with E-state index in [4.69, 9.17) is 5.73 Å². The first-order valence-corrected chi connectivity index (χ1v) is 5.52. The molecule has 4 nitrogen and oxygen atoms in total. The Hall–Kier alpha value is -1.62. The first-order valence-electron chi connectivity index (χ1n) is 5.52. The van der Waals surface area contributed by atoms with Crippen LogP contribution in [0, 0.1) is 5.82 Å². The maximum Gasteiger partial charge on any atom is 0.256 e. The predicted octanol–water partition coefficient (Wildman–Crippen LogP) is 1.00. The number of carbonyl (C=O) groups excluding carboxylic acids is 1. The molecule has 1 aliphatic heterocycles. The van der Waals surface area contributed by atoms with Crippen molar-refractivity contribution in [3.05, 3.63) is 29.6 Å². The highest BCUT2D eigenvalue weighted by atomic mass is 19.1. The standard InChI is InChI=1S/C12H15FN2O2/c1-2-12(17)6-15(7-12)11(16)9-4-3-8(13)5-10(9)14/h3-5,17H,2,6-7,14H2,1H3. The van der Waals surface area contributed by atoms with Crippen LogP contribution in [0.1, 0.15) is 23.7 Å². The quantitative estimate of drug-likeness (QED) is 0.755. The van der Waals surface area contributed by atoms with Gasteiger partial charge in [0.2, 0.25) is 0 Å². The number of amides is 1. The molecule has 92 valence electrons. The van der Waals surface area contributed by atoms with Gasteiger partial charge in [-0.1, -0.05) is 6.92 Å². The van der Waals surface area contributed by atoms with Gasteiger partial charge in [0.25, 0.3) is 5.91 Å². The zero-order chi connectivity index (χ0) is 12.6. The van der Waals surface area contributed by atoms with Crippen LogP contribution >= 0.6 is 0 Å². The third-order valence-electron chi connectivity index (χ3n) is 3.16. The van der Waals surface area contributed by atoms with Crippen molar-refractivity contribution in [1.82, 2.24) is 4.90 Å². The molecule has 0 bridgehead atoms. The molecule has 0 aromatic heterocycles. The lowest BCUT2D eigenvalue weighted by Crippen LogP contribution is -2.63. The van der Waals surface area contributed by atoms with Crippen LogP contribution in [0.25, 0.3) is 0 Å². The van der Waals surface area contributed by atoms with Crippen molar-refractivity contribution >= 4 is 11.6 Å². The fraction of sp³-hybridized carbons (Fsp3) is 0.417. The molecule has 0 radical (unpaired) electrons. The van der Waals surface area contributed by atoms with Gasteiger partial charge in [-0.3, -0.25) is 4.79 Å². The number of rotatable bonds is 2. The van der Waals surface area contributed by atoms with Gasteiger partial charge >= 0.3 is 0 Å². The van der Waals surface area contributed by atoms with Gasteiger partial charge in [0.05, 0.1) is 24.3 Å². The van der Waals surface area contributed by atoms with Crippen molar-refractivity contribution in [2.75, 3.05) is 18.8 Å². The number of anilines is 1. The third kappa shape index (κ3) is 2.10. The van der Waals surface area contributed by atoms with E-state index in [1.165, 1.54) is 17.0 Å². The molecule has 0 atom stereocenters. The second-order valence-corrected chi connectivity index (χ2v) is 4.47. The average molecular weight is 238 g/mol. The molecule has 1 aliphatic rings. The van der Waals surface area contributed by atoms with Gasteiger partial charge in [-0.15, -0.1) is 0 Å².